The number of halogens is 1. The van der Waals surface area contributed by atoms with E-state index in [1.165, 1.54) is 14.2 Å². The van der Waals surface area contributed by atoms with Crippen molar-refractivity contribution in [3.8, 4) is 11.5 Å². The minimum atomic E-state index is -0.661. The Morgan fingerprint density at radius 1 is 1.08 bits per heavy atom. The number of methoxy groups -OCH3 is 2. The molecule has 1 N–H and O–H groups in total. The molecule has 0 heterocycles. The van der Waals surface area contributed by atoms with E-state index in [-0.39, 0.29) is 23.8 Å². The molecule has 2 aromatic rings. The average molecular weight is 378 g/mol. The molecular weight excluding hydrogens is 358 g/mol. The van der Waals surface area contributed by atoms with Crippen molar-refractivity contribution in [2.24, 2.45) is 0 Å². The number of para-hydroxylation sites is 1. The van der Waals surface area contributed by atoms with Gasteiger partial charge in [-0.05, 0) is 36.2 Å². The number of benzene rings is 2. The lowest BCUT2D eigenvalue weighted by Crippen LogP contribution is -2.30. The van der Waals surface area contributed by atoms with E-state index >= 15 is 0 Å². The predicted molar refractivity (Wildman–Crippen MR) is 98.0 cm³/mol. The van der Waals surface area contributed by atoms with Crippen molar-refractivity contribution >= 4 is 23.5 Å². The molecule has 0 aliphatic carbocycles. The molecule has 0 aliphatic heterocycles. The molecule has 0 bridgehead atoms. The molecule has 6 nitrogen and oxygen atoms in total. The van der Waals surface area contributed by atoms with Crippen LogP contribution in [0.2, 0.25) is 5.02 Å². The van der Waals surface area contributed by atoms with Crippen molar-refractivity contribution in [2.75, 3.05) is 27.4 Å². The third kappa shape index (κ3) is 5.39. The molecule has 0 fully saturated rings. The molecule has 0 spiro atoms. The van der Waals surface area contributed by atoms with Crippen LogP contribution in [-0.4, -0.2) is 39.2 Å². The molecule has 2 aromatic carbocycles. The van der Waals surface area contributed by atoms with Gasteiger partial charge < -0.3 is 19.5 Å². The van der Waals surface area contributed by atoms with Crippen molar-refractivity contribution in [1.82, 2.24) is 5.32 Å². The van der Waals surface area contributed by atoms with Gasteiger partial charge in [0.2, 0.25) is 0 Å². The molecule has 0 aliphatic rings. The van der Waals surface area contributed by atoms with E-state index < -0.39 is 5.97 Å². The Labute approximate surface area is 157 Å². The predicted octanol–water partition coefficient (Wildman–Crippen LogP) is 2.87. The molecule has 0 aromatic heterocycles. The van der Waals surface area contributed by atoms with Crippen molar-refractivity contribution < 1.29 is 23.8 Å². The zero-order chi connectivity index (χ0) is 18.9. The lowest BCUT2D eigenvalue weighted by atomic mass is 10.1. The number of esters is 1. The molecule has 138 valence electrons. The van der Waals surface area contributed by atoms with Gasteiger partial charge in [0.25, 0.3) is 5.91 Å². The maximum absolute atomic E-state index is 12.2. The van der Waals surface area contributed by atoms with Gasteiger partial charge in [0, 0.05) is 11.6 Å². The minimum Gasteiger partial charge on any atom is -0.493 e. The fourth-order valence-corrected chi connectivity index (χ4v) is 2.56. The number of carbonyl (C=O) groups excluding carboxylic acids is 2. The summed E-state index contributed by atoms with van der Waals surface area (Å²) in [6, 6.07) is 12.2. The summed E-state index contributed by atoms with van der Waals surface area (Å²) in [4.78, 5) is 24.0. The van der Waals surface area contributed by atoms with Crippen LogP contribution >= 0.6 is 11.6 Å². The second-order valence-corrected chi connectivity index (χ2v) is 5.78. The van der Waals surface area contributed by atoms with Crippen LogP contribution in [0.3, 0.4) is 0 Å². The van der Waals surface area contributed by atoms with Crippen molar-refractivity contribution in [3.63, 3.8) is 0 Å². The fraction of sp³-hybridized carbons (Fsp3) is 0.263. The van der Waals surface area contributed by atoms with E-state index in [2.05, 4.69) is 5.32 Å². The highest BCUT2D eigenvalue weighted by atomic mass is 35.5. The average Bonchev–Trinajstić information content (AvgIpc) is 2.65. The molecule has 0 atom stereocenters. The summed E-state index contributed by atoms with van der Waals surface area (Å²) in [5.41, 5.74) is 1.20. The van der Waals surface area contributed by atoms with Gasteiger partial charge in [0.05, 0.1) is 14.2 Å². The van der Waals surface area contributed by atoms with Gasteiger partial charge in [0.15, 0.2) is 18.1 Å². The Hall–Kier alpha value is -2.73. The van der Waals surface area contributed by atoms with Gasteiger partial charge in [-0.25, -0.2) is 4.79 Å². The van der Waals surface area contributed by atoms with Crippen LogP contribution in [0, 0.1) is 0 Å². The quantitative estimate of drug-likeness (QED) is 0.716. The molecule has 0 saturated carbocycles. The second-order valence-electron chi connectivity index (χ2n) is 5.35. The van der Waals surface area contributed by atoms with Crippen molar-refractivity contribution in [3.05, 3.63) is 58.6 Å². The Balaban J connectivity index is 1.83. The van der Waals surface area contributed by atoms with Gasteiger partial charge in [-0.15, -0.1) is 0 Å². The van der Waals surface area contributed by atoms with Crippen LogP contribution in [0.25, 0.3) is 0 Å². The van der Waals surface area contributed by atoms with Gasteiger partial charge in [0.1, 0.15) is 5.56 Å². The number of hydrogen-bond donors (Lipinski definition) is 1. The van der Waals surface area contributed by atoms with Crippen LogP contribution in [-0.2, 0) is 16.0 Å². The first-order valence-corrected chi connectivity index (χ1v) is 8.32. The molecule has 0 unspecified atom stereocenters. The molecule has 0 radical (unpaired) electrons. The van der Waals surface area contributed by atoms with Crippen molar-refractivity contribution in [2.45, 2.75) is 6.42 Å². The van der Waals surface area contributed by atoms with E-state index in [0.717, 1.165) is 5.56 Å². The third-order valence-electron chi connectivity index (χ3n) is 3.58. The number of hydrogen-bond acceptors (Lipinski definition) is 5. The maximum atomic E-state index is 12.2. The molecule has 0 saturated heterocycles. The van der Waals surface area contributed by atoms with Crippen LogP contribution in [0.4, 0.5) is 0 Å². The third-order valence-corrected chi connectivity index (χ3v) is 3.82. The second kappa shape index (κ2) is 9.68. The number of rotatable bonds is 8. The van der Waals surface area contributed by atoms with E-state index in [4.69, 9.17) is 25.8 Å². The molecule has 1 amide bonds. The van der Waals surface area contributed by atoms with Crippen molar-refractivity contribution in [1.29, 1.82) is 0 Å². The number of carbonyl (C=O) groups is 2. The number of nitrogens with one attached hydrogen (secondary N) is 1. The first-order chi connectivity index (χ1) is 12.5. The Morgan fingerprint density at radius 2 is 1.85 bits per heavy atom. The summed E-state index contributed by atoms with van der Waals surface area (Å²) >= 11 is 5.91. The summed E-state index contributed by atoms with van der Waals surface area (Å²) < 4.78 is 15.4. The normalized spacial score (nSPS) is 10.1. The highest BCUT2D eigenvalue weighted by Crippen LogP contribution is 2.31. The molecular formula is C19H20ClNO5. The lowest BCUT2D eigenvalue weighted by Gasteiger charge is -2.12. The summed E-state index contributed by atoms with van der Waals surface area (Å²) in [6.45, 7) is 0.0357. The van der Waals surface area contributed by atoms with E-state index in [1.807, 2.05) is 18.2 Å². The molecule has 26 heavy (non-hydrogen) atoms. The summed E-state index contributed by atoms with van der Waals surface area (Å²) in [5, 5.41) is 3.34. The van der Waals surface area contributed by atoms with Gasteiger partial charge in [-0.3, -0.25) is 4.79 Å². The fourth-order valence-electron chi connectivity index (χ4n) is 2.35. The SMILES string of the molecule is COc1cccc(C(=O)OCC(=O)NCCc2cccc(Cl)c2)c1OC. The van der Waals surface area contributed by atoms with Gasteiger partial charge >= 0.3 is 5.97 Å². The number of ether oxygens (including phenoxy) is 3. The van der Waals surface area contributed by atoms with Gasteiger partial charge in [-0.1, -0.05) is 29.8 Å². The van der Waals surface area contributed by atoms with Crippen LogP contribution in [0.5, 0.6) is 11.5 Å². The van der Waals surface area contributed by atoms with E-state index in [9.17, 15) is 9.59 Å². The lowest BCUT2D eigenvalue weighted by molar-refractivity contribution is -0.124. The zero-order valence-electron chi connectivity index (χ0n) is 14.6. The zero-order valence-corrected chi connectivity index (χ0v) is 15.3. The summed E-state index contributed by atoms with van der Waals surface area (Å²) in [7, 11) is 2.90. The maximum Gasteiger partial charge on any atom is 0.342 e. The largest absolute Gasteiger partial charge is 0.493 e. The highest BCUT2D eigenvalue weighted by molar-refractivity contribution is 6.30. The Morgan fingerprint density at radius 3 is 2.54 bits per heavy atom. The van der Waals surface area contributed by atoms with E-state index in [1.54, 1.807) is 24.3 Å². The molecule has 2 rings (SSSR count). The smallest absolute Gasteiger partial charge is 0.342 e. The standard InChI is InChI=1S/C19H20ClNO5/c1-24-16-8-4-7-15(18(16)25-2)19(23)26-12-17(22)21-10-9-13-5-3-6-14(20)11-13/h3-8,11H,9-10,12H2,1-2H3,(H,21,22). The Kier molecular flexibility index (Phi) is 7.29. The van der Waals surface area contributed by atoms with Crippen LogP contribution < -0.4 is 14.8 Å². The highest BCUT2D eigenvalue weighted by Gasteiger charge is 2.18. The first-order valence-electron chi connectivity index (χ1n) is 7.94. The van der Waals surface area contributed by atoms with Crippen LogP contribution in [0.15, 0.2) is 42.5 Å². The Bertz CT molecular complexity index is 778. The summed E-state index contributed by atoms with van der Waals surface area (Å²) in [6.07, 6.45) is 0.629. The monoisotopic (exact) mass is 377 g/mol. The topological polar surface area (TPSA) is 73.9 Å². The van der Waals surface area contributed by atoms with E-state index in [0.29, 0.717) is 23.7 Å². The first kappa shape index (κ1) is 19.6. The van der Waals surface area contributed by atoms with Crippen LogP contribution in [0.1, 0.15) is 15.9 Å². The molecule has 7 heteroatoms. The minimum absolute atomic E-state index is 0.193. The number of amides is 1. The summed E-state index contributed by atoms with van der Waals surface area (Å²) in [5.74, 6) is -0.373. The van der Waals surface area contributed by atoms with Gasteiger partial charge in [-0.2, -0.15) is 0 Å².